The summed E-state index contributed by atoms with van der Waals surface area (Å²) in [6, 6.07) is 1.47. The first kappa shape index (κ1) is 35.6. The largest absolute Gasteiger partial charge is 0.317 e. The van der Waals surface area contributed by atoms with E-state index >= 15 is 0 Å². The molecule has 3 N–H and O–H groups in total. The van der Waals surface area contributed by atoms with Gasteiger partial charge in [-0.3, -0.25) is 0 Å². The number of hydroxylamine groups is 1. The van der Waals surface area contributed by atoms with Crippen LogP contribution in [0, 0.1) is 35.5 Å². The van der Waals surface area contributed by atoms with Gasteiger partial charge in [0.1, 0.15) is 0 Å². The van der Waals surface area contributed by atoms with E-state index in [9.17, 15) is 5.21 Å². The maximum Gasteiger partial charge on any atom is 0.0210 e. The molecule has 0 heterocycles. The lowest BCUT2D eigenvalue weighted by molar-refractivity contribution is 0.127. The Labute approximate surface area is 228 Å². The van der Waals surface area contributed by atoms with Gasteiger partial charge in [0.2, 0.25) is 0 Å². The Balaban J connectivity index is 0.00000137. The summed E-state index contributed by atoms with van der Waals surface area (Å²) in [6.07, 6.45) is 20.6. The van der Waals surface area contributed by atoms with Crippen LogP contribution < -0.4 is 10.8 Å². The van der Waals surface area contributed by atoms with Crippen molar-refractivity contribution in [2.45, 2.75) is 157 Å². The van der Waals surface area contributed by atoms with Gasteiger partial charge in [-0.15, -0.1) is 13.2 Å². The minimum Gasteiger partial charge on any atom is -0.317 e. The lowest BCUT2D eigenvalue weighted by Crippen LogP contribution is -2.43. The van der Waals surface area contributed by atoms with Crippen molar-refractivity contribution >= 4 is 0 Å². The van der Waals surface area contributed by atoms with Crippen LogP contribution in [-0.4, -0.2) is 23.8 Å². The summed E-state index contributed by atoms with van der Waals surface area (Å²) in [5, 5.41) is 13.4. The fourth-order valence-electron chi connectivity index (χ4n) is 7.49. The van der Waals surface area contributed by atoms with Crippen LogP contribution in [-0.2, 0) is 0 Å². The third-order valence-corrected chi connectivity index (χ3v) is 9.18. The van der Waals surface area contributed by atoms with E-state index in [1.54, 1.807) is 0 Å². The molecule has 0 amide bonds. The van der Waals surface area contributed by atoms with E-state index in [1.807, 2.05) is 13.8 Å². The predicted octanol–water partition coefficient (Wildman–Crippen LogP) is 9.80. The molecule has 0 radical (unpaired) electrons. The Morgan fingerprint density at radius 3 is 1.92 bits per heavy atom. The summed E-state index contributed by atoms with van der Waals surface area (Å²) < 4.78 is 0. The molecule has 216 valence electrons. The van der Waals surface area contributed by atoms with Crippen molar-refractivity contribution in [2.24, 2.45) is 35.5 Å². The predicted molar refractivity (Wildman–Crippen MR) is 162 cm³/mol. The van der Waals surface area contributed by atoms with Crippen LogP contribution in [0.15, 0.2) is 13.2 Å². The van der Waals surface area contributed by atoms with E-state index in [2.05, 4.69) is 58.6 Å². The van der Waals surface area contributed by atoms with Gasteiger partial charge >= 0.3 is 0 Å². The Morgan fingerprint density at radius 2 is 1.36 bits per heavy atom. The highest BCUT2D eigenvalue weighted by atomic mass is 16.5. The first-order valence-electron chi connectivity index (χ1n) is 16.2. The number of nitrogens with one attached hydrogen (secondary N) is 2. The molecule has 0 aromatic heterocycles. The molecule has 0 aromatic rings. The van der Waals surface area contributed by atoms with Gasteiger partial charge in [-0.05, 0) is 86.9 Å². The van der Waals surface area contributed by atoms with Crippen LogP contribution in [0.4, 0.5) is 0 Å². The summed E-state index contributed by atoms with van der Waals surface area (Å²) in [7, 11) is 0. The molecular weight excluding hydrogens is 440 g/mol. The standard InChI is InChI=1S/C25H48N2O.C4H10.C2H6.C2H4/c1-4-6-7-9-19(8-5-2)27-20-11-13-22-21-12-10-18(3)16-24(21)23(14-15-26-28)25(22)17-20;1-3-4-2;2*1-2/h18-28H,4-17H2,1-3H3;3-4H2,1-2H3;1-2H3;1-2H2. The molecule has 3 aliphatic rings. The second kappa shape index (κ2) is 22.6. The molecule has 8 atom stereocenters. The van der Waals surface area contributed by atoms with Gasteiger partial charge in [0.15, 0.2) is 0 Å². The average Bonchev–Trinajstić information content (AvgIpc) is 3.21. The summed E-state index contributed by atoms with van der Waals surface area (Å²) in [5.41, 5.74) is 2.47. The molecule has 3 aliphatic carbocycles. The third-order valence-electron chi connectivity index (χ3n) is 9.18. The Bertz CT molecular complexity index is 482. The number of hydrogen-bond acceptors (Lipinski definition) is 3. The zero-order chi connectivity index (χ0) is 27.3. The highest BCUT2D eigenvalue weighted by Gasteiger charge is 2.52. The van der Waals surface area contributed by atoms with Gasteiger partial charge in [0, 0.05) is 18.6 Å². The Kier molecular flexibility index (Phi) is 22.4. The Hall–Kier alpha value is -0.380. The maximum atomic E-state index is 9.24. The van der Waals surface area contributed by atoms with E-state index in [-0.39, 0.29) is 0 Å². The SMILES string of the molecule is C=C.CC.CCCC.CCCCCC(CCC)NC1CCC2C3CCC(C)CC3C(CCNO)C2C1. The smallest absolute Gasteiger partial charge is 0.0210 e. The molecule has 0 saturated heterocycles. The van der Waals surface area contributed by atoms with Crippen molar-refractivity contribution in [1.82, 2.24) is 10.8 Å². The van der Waals surface area contributed by atoms with E-state index in [1.165, 1.54) is 96.3 Å². The average molecular weight is 509 g/mol. The van der Waals surface area contributed by atoms with Gasteiger partial charge in [0.25, 0.3) is 0 Å². The van der Waals surface area contributed by atoms with Crippen molar-refractivity contribution in [3.8, 4) is 0 Å². The van der Waals surface area contributed by atoms with Crippen LogP contribution in [0.3, 0.4) is 0 Å². The van der Waals surface area contributed by atoms with Gasteiger partial charge in [-0.25, -0.2) is 5.48 Å². The fraction of sp³-hybridized carbons (Fsp3) is 0.939. The normalized spacial score (nSPS) is 31.3. The second-order valence-corrected chi connectivity index (χ2v) is 11.6. The number of rotatable bonds is 12. The monoisotopic (exact) mass is 509 g/mol. The topological polar surface area (TPSA) is 44.3 Å². The van der Waals surface area contributed by atoms with Crippen molar-refractivity contribution < 1.29 is 5.21 Å². The molecule has 3 saturated carbocycles. The fourth-order valence-corrected chi connectivity index (χ4v) is 7.49. The van der Waals surface area contributed by atoms with Crippen LogP contribution in [0.5, 0.6) is 0 Å². The molecule has 0 aromatic carbocycles. The van der Waals surface area contributed by atoms with E-state index < -0.39 is 0 Å². The maximum absolute atomic E-state index is 9.24. The lowest BCUT2D eigenvalue weighted by Gasteiger charge is -2.38. The van der Waals surface area contributed by atoms with Crippen molar-refractivity contribution in [3.05, 3.63) is 13.2 Å². The molecule has 3 rings (SSSR count). The summed E-state index contributed by atoms with van der Waals surface area (Å²) in [4.78, 5) is 0. The highest BCUT2D eigenvalue weighted by molar-refractivity contribution is 5.02. The first-order chi connectivity index (χ1) is 17.6. The number of unbranched alkanes of at least 4 members (excludes halogenated alkanes) is 3. The highest BCUT2D eigenvalue weighted by Crippen LogP contribution is 2.59. The summed E-state index contributed by atoms with van der Waals surface area (Å²) >= 11 is 0. The molecule has 3 nitrogen and oxygen atoms in total. The van der Waals surface area contributed by atoms with Crippen molar-refractivity contribution in [3.63, 3.8) is 0 Å². The summed E-state index contributed by atoms with van der Waals surface area (Å²) in [5.74, 6) is 5.55. The zero-order valence-corrected chi connectivity index (χ0v) is 25.8. The first-order valence-corrected chi connectivity index (χ1v) is 16.2. The van der Waals surface area contributed by atoms with E-state index in [0.29, 0.717) is 0 Å². The molecular formula is C33H68N2O. The molecule has 36 heavy (non-hydrogen) atoms. The second-order valence-electron chi connectivity index (χ2n) is 11.6. The molecule has 3 heteroatoms. The van der Waals surface area contributed by atoms with Crippen LogP contribution in [0.2, 0.25) is 0 Å². The van der Waals surface area contributed by atoms with E-state index in [4.69, 9.17) is 0 Å². The molecule has 3 fully saturated rings. The lowest BCUT2D eigenvalue weighted by atomic mass is 9.70. The van der Waals surface area contributed by atoms with Gasteiger partial charge in [-0.2, -0.15) is 0 Å². The zero-order valence-electron chi connectivity index (χ0n) is 25.8. The van der Waals surface area contributed by atoms with Crippen LogP contribution in [0.1, 0.15) is 145 Å². The molecule has 0 bridgehead atoms. The van der Waals surface area contributed by atoms with E-state index in [0.717, 1.165) is 54.1 Å². The minimum absolute atomic E-state index is 0.736. The van der Waals surface area contributed by atoms with Crippen molar-refractivity contribution in [1.29, 1.82) is 0 Å². The third kappa shape index (κ3) is 12.0. The number of fused-ring (bicyclic) bond motifs is 3. The molecule has 0 spiro atoms. The molecule has 8 unspecified atom stereocenters. The van der Waals surface area contributed by atoms with Gasteiger partial charge in [-0.1, -0.05) is 93.4 Å². The van der Waals surface area contributed by atoms with Gasteiger partial charge in [0.05, 0.1) is 0 Å². The van der Waals surface area contributed by atoms with Gasteiger partial charge < -0.3 is 10.5 Å². The number of hydrogen-bond donors (Lipinski definition) is 3. The van der Waals surface area contributed by atoms with Crippen LogP contribution >= 0.6 is 0 Å². The quantitative estimate of drug-likeness (QED) is 0.140. The minimum atomic E-state index is 0.736. The van der Waals surface area contributed by atoms with Crippen molar-refractivity contribution in [2.75, 3.05) is 6.54 Å². The molecule has 0 aliphatic heterocycles. The Morgan fingerprint density at radius 1 is 0.750 bits per heavy atom. The van der Waals surface area contributed by atoms with Crippen LogP contribution in [0.25, 0.3) is 0 Å². The summed E-state index contributed by atoms with van der Waals surface area (Å²) in [6.45, 7) is 22.3.